The molecule has 1 N–H and O–H groups in total. The van der Waals surface area contributed by atoms with Crippen molar-refractivity contribution in [2.75, 3.05) is 31.8 Å². The highest BCUT2D eigenvalue weighted by molar-refractivity contribution is 8.00. The maximum atomic E-state index is 11.5. The molecule has 0 aliphatic carbocycles. The number of ether oxygens (including phenoxy) is 1. The number of rotatable bonds is 5. The number of nitrogens with zero attached hydrogens (tertiary/aromatic N) is 1. The van der Waals surface area contributed by atoms with Crippen LogP contribution < -0.4 is 0 Å². The van der Waals surface area contributed by atoms with E-state index in [0.717, 1.165) is 4.90 Å². The Kier molecular flexibility index (Phi) is 4.76. The maximum absolute atomic E-state index is 11.5. The molecular weight excluding hydrogens is 230 g/mol. The lowest BCUT2D eigenvalue weighted by Crippen LogP contribution is -2.50. The molecule has 1 heterocycles. The second kappa shape index (κ2) is 5.65. The van der Waals surface area contributed by atoms with Gasteiger partial charge in [0.05, 0.1) is 23.7 Å². The zero-order valence-electron chi connectivity index (χ0n) is 9.56. The van der Waals surface area contributed by atoms with E-state index in [9.17, 15) is 14.7 Å². The second-order valence-corrected chi connectivity index (χ2v) is 5.09. The van der Waals surface area contributed by atoms with Gasteiger partial charge in [0.2, 0.25) is 11.8 Å². The van der Waals surface area contributed by atoms with Crippen molar-refractivity contribution in [2.45, 2.75) is 18.9 Å². The first-order valence-electron chi connectivity index (χ1n) is 5.08. The van der Waals surface area contributed by atoms with Crippen LogP contribution in [-0.2, 0) is 14.3 Å². The molecule has 16 heavy (non-hydrogen) atoms. The number of thioether (sulfide) groups is 1. The third-order valence-electron chi connectivity index (χ3n) is 2.40. The van der Waals surface area contributed by atoms with Crippen molar-refractivity contribution in [3.8, 4) is 0 Å². The molecule has 1 atom stereocenters. The van der Waals surface area contributed by atoms with Crippen LogP contribution in [0.2, 0.25) is 0 Å². The molecule has 1 aliphatic rings. The number of imide groups is 1. The van der Waals surface area contributed by atoms with Gasteiger partial charge in [-0.25, -0.2) is 0 Å². The van der Waals surface area contributed by atoms with E-state index in [-0.39, 0.29) is 18.4 Å². The first-order valence-corrected chi connectivity index (χ1v) is 6.24. The highest BCUT2D eigenvalue weighted by atomic mass is 32.2. The standard InChI is InChI=1S/C10H17NO4S/c1-10(14,3-4-15-2)7-11-8(12)5-16-6-9(11)13/h14H,3-7H2,1-2H3. The van der Waals surface area contributed by atoms with Gasteiger partial charge in [-0.05, 0) is 6.92 Å². The number of hydrogen-bond donors (Lipinski definition) is 1. The maximum Gasteiger partial charge on any atom is 0.239 e. The molecule has 1 saturated heterocycles. The number of β-amino-alcohol motifs (C(OH)–C–C–N with tert-alkyl or cyclic N) is 1. The Bertz CT molecular complexity index is 264. The summed E-state index contributed by atoms with van der Waals surface area (Å²) < 4.78 is 4.87. The van der Waals surface area contributed by atoms with Crippen molar-refractivity contribution in [1.29, 1.82) is 0 Å². The number of carbonyl (C=O) groups is 2. The van der Waals surface area contributed by atoms with E-state index < -0.39 is 5.60 Å². The Hall–Kier alpha value is -0.590. The van der Waals surface area contributed by atoms with Crippen LogP contribution in [0.4, 0.5) is 0 Å². The summed E-state index contributed by atoms with van der Waals surface area (Å²) in [6.45, 7) is 2.06. The summed E-state index contributed by atoms with van der Waals surface area (Å²) in [6, 6.07) is 0. The van der Waals surface area contributed by atoms with Gasteiger partial charge >= 0.3 is 0 Å². The Labute approximate surface area is 99.1 Å². The minimum Gasteiger partial charge on any atom is -0.388 e. The van der Waals surface area contributed by atoms with Crippen LogP contribution >= 0.6 is 11.8 Å². The summed E-state index contributed by atoms with van der Waals surface area (Å²) in [4.78, 5) is 24.1. The molecular formula is C10H17NO4S. The van der Waals surface area contributed by atoms with Gasteiger partial charge in [-0.2, -0.15) is 0 Å². The molecule has 2 amide bonds. The first kappa shape index (κ1) is 13.5. The van der Waals surface area contributed by atoms with Gasteiger partial charge in [-0.15, -0.1) is 11.8 Å². The molecule has 0 aromatic carbocycles. The Balaban J connectivity index is 2.56. The van der Waals surface area contributed by atoms with Gasteiger partial charge in [0.25, 0.3) is 0 Å². The third-order valence-corrected chi connectivity index (χ3v) is 3.30. The van der Waals surface area contributed by atoms with Gasteiger partial charge in [-0.3, -0.25) is 14.5 Å². The van der Waals surface area contributed by atoms with Crippen molar-refractivity contribution < 1.29 is 19.4 Å². The molecule has 1 fully saturated rings. The molecule has 0 spiro atoms. The normalized spacial score (nSPS) is 21.1. The summed E-state index contributed by atoms with van der Waals surface area (Å²) >= 11 is 1.31. The van der Waals surface area contributed by atoms with Crippen LogP contribution in [0, 0.1) is 0 Å². The van der Waals surface area contributed by atoms with E-state index in [2.05, 4.69) is 0 Å². The molecule has 6 heteroatoms. The minimum absolute atomic E-state index is 0.0502. The fourth-order valence-corrected chi connectivity index (χ4v) is 2.20. The number of aliphatic hydroxyl groups is 1. The van der Waals surface area contributed by atoms with E-state index >= 15 is 0 Å². The van der Waals surface area contributed by atoms with E-state index in [1.165, 1.54) is 11.8 Å². The van der Waals surface area contributed by atoms with Gasteiger partial charge in [0.15, 0.2) is 0 Å². The molecule has 92 valence electrons. The second-order valence-electron chi connectivity index (χ2n) is 4.11. The SMILES string of the molecule is COCCC(C)(O)CN1C(=O)CSCC1=O. The molecule has 5 nitrogen and oxygen atoms in total. The fraction of sp³-hybridized carbons (Fsp3) is 0.800. The number of amides is 2. The van der Waals surface area contributed by atoms with Gasteiger partial charge in [-0.1, -0.05) is 0 Å². The number of methoxy groups -OCH3 is 1. The Morgan fingerprint density at radius 2 is 2.00 bits per heavy atom. The molecule has 0 aromatic heterocycles. The van der Waals surface area contributed by atoms with E-state index in [0.29, 0.717) is 24.5 Å². The molecule has 0 radical (unpaired) electrons. The van der Waals surface area contributed by atoms with E-state index in [1.54, 1.807) is 14.0 Å². The van der Waals surface area contributed by atoms with Gasteiger partial charge < -0.3 is 9.84 Å². The number of hydrogen-bond acceptors (Lipinski definition) is 5. The third kappa shape index (κ3) is 3.77. The summed E-state index contributed by atoms with van der Waals surface area (Å²) in [5.41, 5.74) is -1.08. The monoisotopic (exact) mass is 247 g/mol. The topological polar surface area (TPSA) is 66.8 Å². The van der Waals surface area contributed by atoms with Crippen LogP contribution in [-0.4, -0.2) is 59.2 Å². The summed E-state index contributed by atoms with van der Waals surface area (Å²) in [6.07, 6.45) is 0.397. The molecule has 1 rings (SSSR count). The van der Waals surface area contributed by atoms with Crippen molar-refractivity contribution >= 4 is 23.6 Å². The van der Waals surface area contributed by atoms with Crippen molar-refractivity contribution in [2.24, 2.45) is 0 Å². The van der Waals surface area contributed by atoms with Gasteiger partial charge in [0, 0.05) is 20.1 Å². The lowest BCUT2D eigenvalue weighted by molar-refractivity contribution is -0.146. The molecule has 1 unspecified atom stereocenters. The lowest BCUT2D eigenvalue weighted by Gasteiger charge is -2.32. The summed E-state index contributed by atoms with van der Waals surface area (Å²) in [7, 11) is 1.55. The van der Waals surface area contributed by atoms with Crippen molar-refractivity contribution in [3.05, 3.63) is 0 Å². The zero-order chi connectivity index (χ0) is 12.2. The quantitative estimate of drug-likeness (QED) is 0.686. The summed E-state index contributed by atoms with van der Waals surface area (Å²) in [5.74, 6) is 0.177. The first-order chi connectivity index (χ1) is 7.46. The largest absolute Gasteiger partial charge is 0.388 e. The zero-order valence-corrected chi connectivity index (χ0v) is 10.4. The highest BCUT2D eigenvalue weighted by Crippen LogP contribution is 2.17. The predicted molar refractivity (Wildman–Crippen MR) is 61.2 cm³/mol. The molecule has 0 aromatic rings. The predicted octanol–water partition coefficient (Wildman–Crippen LogP) is -0.124. The van der Waals surface area contributed by atoms with Crippen LogP contribution in [0.15, 0.2) is 0 Å². The average molecular weight is 247 g/mol. The molecule has 1 aliphatic heterocycles. The van der Waals surface area contributed by atoms with Crippen LogP contribution in [0.3, 0.4) is 0 Å². The Morgan fingerprint density at radius 3 is 2.50 bits per heavy atom. The smallest absolute Gasteiger partial charge is 0.239 e. The van der Waals surface area contributed by atoms with Crippen molar-refractivity contribution in [3.63, 3.8) is 0 Å². The van der Waals surface area contributed by atoms with Crippen LogP contribution in [0.1, 0.15) is 13.3 Å². The lowest BCUT2D eigenvalue weighted by atomic mass is 10.0. The Morgan fingerprint density at radius 1 is 1.44 bits per heavy atom. The highest BCUT2D eigenvalue weighted by Gasteiger charge is 2.32. The average Bonchev–Trinajstić information content (AvgIpc) is 2.21. The molecule has 0 bridgehead atoms. The van der Waals surface area contributed by atoms with E-state index in [1.807, 2.05) is 0 Å². The molecule has 0 saturated carbocycles. The van der Waals surface area contributed by atoms with Crippen LogP contribution in [0.5, 0.6) is 0 Å². The van der Waals surface area contributed by atoms with Crippen LogP contribution in [0.25, 0.3) is 0 Å². The minimum atomic E-state index is -1.08. The van der Waals surface area contributed by atoms with Crippen molar-refractivity contribution in [1.82, 2.24) is 4.90 Å². The number of carbonyl (C=O) groups excluding carboxylic acids is 2. The summed E-state index contributed by atoms with van der Waals surface area (Å²) in [5, 5.41) is 10.0. The van der Waals surface area contributed by atoms with Gasteiger partial charge in [0.1, 0.15) is 0 Å². The van der Waals surface area contributed by atoms with E-state index in [4.69, 9.17) is 4.74 Å². The fourth-order valence-electron chi connectivity index (χ4n) is 1.44.